The SMILES string of the molecule is C/C1=C\C=C\[C@@H](C)[C@@]2(O)CC(OC(=O)N2)[C@@H](C)[C@@H]2O[C@@]2(C)[C@@H](OC(=O)[C@H](C)OCCCSC2CC(=O)N(C[C@H]3CC[C@H](C(=O)ON4C(=O)CCC4=O)CC3)C2=O)CC(=O)N(C)c2cc(cc(C)c2Cl)C1. The number of hydrogen-bond acceptors (Lipinski definition) is 15. The van der Waals surface area contributed by atoms with Gasteiger partial charge in [0.25, 0.3) is 11.8 Å². The lowest BCUT2D eigenvalue weighted by atomic mass is 9.82. The molecule has 1 aromatic carbocycles. The van der Waals surface area contributed by atoms with Crippen LogP contribution in [0, 0.1) is 30.6 Å². The van der Waals surface area contributed by atoms with Gasteiger partial charge in [0, 0.05) is 57.7 Å². The number of halogens is 1. The number of nitrogens with zero attached hydrogens (tertiary/aromatic N) is 3. The molecular weight excluding hydrogens is 948 g/mol. The van der Waals surface area contributed by atoms with E-state index in [1.54, 1.807) is 20.9 Å². The summed E-state index contributed by atoms with van der Waals surface area (Å²) < 4.78 is 24.0. The summed E-state index contributed by atoms with van der Waals surface area (Å²) in [6.45, 7) is 11.1. The zero-order valence-corrected chi connectivity index (χ0v) is 42.4. The van der Waals surface area contributed by atoms with E-state index in [1.807, 2.05) is 58.1 Å². The summed E-state index contributed by atoms with van der Waals surface area (Å²) >= 11 is 8.15. The predicted octanol–water partition coefficient (Wildman–Crippen LogP) is 5.66. The molecule has 0 aromatic heterocycles. The number of aryl methyl sites for hydroxylation is 1. The lowest BCUT2D eigenvalue weighted by molar-refractivity contribution is -0.201. The highest BCUT2D eigenvalue weighted by molar-refractivity contribution is 8.00. The van der Waals surface area contributed by atoms with Crippen LogP contribution in [0.4, 0.5) is 10.5 Å². The Morgan fingerprint density at radius 2 is 1.70 bits per heavy atom. The minimum atomic E-state index is -1.63. The molecule has 4 bridgehead atoms. The molecule has 382 valence electrons. The number of aliphatic hydroxyl groups is 1. The van der Waals surface area contributed by atoms with Crippen molar-refractivity contribution >= 4 is 76.6 Å². The highest BCUT2D eigenvalue weighted by Gasteiger charge is 2.64. The van der Waals surface area contributed by atoms with E-state index in [-0.39, 0.29) is 63.0 Å². The molecule has 0 radical (unpaired) electrons. The Balaban J connectivity index is 0.935. The Bertz CT molecular complexity index is 2300. The minimum Gasteiger partial charge on any atom is -0.457 e. The van der Waals surface area contributed by atoms with Crippen molar-refractivity contribution in [1.29, 1.82) is 0 Å². The van der Waals surface area contributed by atoms with E-state index < -0.39 is 94.5 Å². The number of amides is 6. The van der Waals surface area contributed by atoms with Crippen molar-refractivity contribution in [1.82, 2.24) is 15.3 Å². The first-order valence-corrected chi connectivity index (χ1v) is 25.6. The van der Waals surface area contributed by atoms with Crippen LogP contribution < -0.4 is 10.2 Å². The number of hydrogen-bond donors (Lipinski definition) is 2. The summed E-state index contributed by atoms with van der Waals surface area (Å²) in [5.41, 5.74) is 0.363. The highest BCUT2D eigenvalue weighted by atomic mass is 35.5. The van der Waals surface area contributed by atoms with Crippen molar-refractivity contribution in [2.75, 3.05) is 30.9 Å². The normalized spacial score (nSPS) is 33.5. The van der Waals surface area contributed by atoms with Gasteiger partial charge in [-0.05, 0) is 95.1 Å². The molecule has 6 aliphatic rings. The molecule has 5 aliphatic heterocycles. The second-order valence-corrected chi connectivity index (χ2v) is 21.6. The van der Waals surface area contributed by atoms with Crippen LogP contribution in [0.15, 0.2) is 35.9 Å². The van der Waals surface area contributed by atoms with Crippen molar-refractivity contribution in [2.24, 2.45) is 23.7 Å². The number of carbonyl (C=O) groups excluding carboxylic acids is 8. The molecule has 2 unspecified atom stereocenters. The zero-order valence-electron chi connectivity index (χ0n) is 40.9. The van der Waals surface area contributed by atoms with Crippen LogP contribution in [-0.2, 0) is 63.8 Å². The van der Waals surface area contributed by atoms with Gasteiger partial charge >= 0.3 is 18.0 Å². The lowest BCUT2D eigenvalue weighted by Gasteiger charge is -2.41. The van der Waals surface area contributed by atoms with Gasteiger partial charge in [0.1, 0.15) is 23.5 Å². The van der Waals surface area contributed by atoms with Gasteiger partial charge < -0.3 is 33.8 Å². The first kappa shape index (κ1) is 53.0. The number of carbonyl (C=O) groups is 8. The zero-order chi connectivity index (χ0) is 50.8. The van der Waals surface area contributed by atoms with Crippen LogP contribution in [0.25, 0.3) is 0 Å². The average Bonchev–Trinajstić information content (AvgIpc) is 3.82. The molecule has 9 atom stereocenters. The molecule has 7 rings (SSSR count). The number of benzene rings is 1. The van der Waals surface area contributed by atoms with Crippen molar-refractivity contribution in [3.63, 3.8) is 0 Å². The molecule has 6 amide bonds. The van der Waals surface area contributed by atoms with E-state index in [9.17, 15) is 43.5 Å². The number of fused-ring (bicyclic) bond motifs is 5. The summed E-state index contributed by atoms with van der Waals surface area (Å²) in [5, 5.41) is 14.7. The number of nitrogens with one attached hydrogen (secondary N) is 1. The highest BCUT2D eigenvalue weighted by Crippen LogP contribution is 2.49. The predicted molar refractivity (Wildman–Crippen MR) is 256 cm³/mol. The van der Waals surface area contributed by atoms with Crippen LogP contribution in [0.1, 0.15) is 110 Å². The largest absolute Gasteiger partial charge is 0.457 e. The van der Waals surface area contributed by atoms with Gasteiger partial charge in [-0.1, -0.05) is 55.3 Å². The molecule has 20 heteroatoms. The van der Waals surface area contributed by atoms with Crippen molar-refractivity contribution in [3.8, 4) is 0 Å². The number of rotatable bonds is 12. The number of thioether (sulfide) groups is 1. The number of anilines is 1. The Kier molecular flexibility index (Phi) is 16.6. The summed E-state index contributed by atoms with van der Waals surface area (Å²) in [6, 6.07) is 3.82. The van der Waals surface area contributed by atoms with Gasteiger partial charge in [-0.25, -0.2) is 14.4 Å². The fraction of sp³-hybridized carbons (Fsp3) is 0.640. The number of allylic oxidation sites excluding steroid dienone is 3. The van der Waals surface area contributed by atoms with Crippen LogP contribution >= 0.6 is 23.4 Å². The maximum Gasteiger partial charge on any atom is 0.409 e. The van der Waals surface area contributed by atoms with E-state index in [0.717, 1.165) is 16.7 Å². The standard InChI is InChI=1S/C50H65ClN4O14S/c1-27-10-8-11-29(3)50(64)25-36(66-48(63)52-50)30(4)44-49(6,68-44)38(24-41(58)53(7)35-22-33(20-27)21-28(2)43(35)51)67-46(61)31(5)65-18-9-19-70-37-23-42(59)54(45(37)60)26-32-12-14-34(15-13-32)47(62)69-55-39(56)16-17-40(55)57/h8,10-11,21-22,29-32,34,36-38,44,64H,9,12-20,23-26H2,1-7H3,(H,52,63)/b11-8+,27-10+/t29-,30-,31+,32-,34-,36?,37?,38+,44+,49+,50+/m1/s1. The maximum absolute atomic E-state index is 14.2. The Morgan fingerprint density at radius 3 is 2.40 bits per heavy atom. The summed E-state index contributed by atoms with van der Waals surface area (Å²) in [5.74, 6) is -4.34. The first-order valence-electron chi connectivity index (χ1n) is 24.2. The molecule has 2 N–H and O–H groups in total. The lowest BCUT2D eigenvalue weighted by Crippen LogP contribution is -2.60. The number of esters is 1. The van der Waals surface area contributed by atoms with Crippen LogP contribution in [0.3, 0.4) is 0 Å². The van der Waals surface area contributed by atoms with Crippen LogP contribution in [-0.4, -0.2) is 130 Å². The Hall–Kier alpha value is -4.82. The van der Waals surface area contributed by atoms with Gasteiger partial charge in [-0.15, -0.1) is 16.8 Å². The Morgan fingerprint density at radius 1 is 1.00 bits per heavy atom. The number of epoxide rings is 1. The molecule has 5 fully saturated rings. The van der Waals surface area contributed by atoms with Gasteiger partial charge in [0.15, 0.2) is 6.10 Å². The molecule has 5 heterocycles. The quantitative estimate of drug-likeness (QED) is 0.112. The fourth-order valence-electron chi connectivity index (χ4n) is 10.0. The number of hydroxylamine groups is 2. The molecule has 1 aliphatic carbocycles. The molecule has 4 saturated heterocycles. The average molecular weight is 1010 g/mol. The van der Waals surface area contributed by atoms with Crippen LogP contribution in [0.5, 0.6) is 0 Å². The second-order valence-electron chi connectivity index (χ2n) is 20.0. The molecular formula is C50H65ClN4O14S. The second kappa shape index (κ2) is 21.9. The van der Waals surface area contributed by atoms with Gasteiger partial charge in [0.05, 0.1) is 34.4 Å². The molecule has 1 saturated carbocycles. The number of alkyl carbamates (subject to hydrolysis) is 1. The smallest absolute Gasteiger partial charge is 0.409 e. The van der Waals surface area contributed by atoms with Gasteiger partial charge in [-0.3, -0.25) is 34.2 Å². The molecule has 70 heavy (non-hydrogen) atoms. The van der Waals surface area contributed by atoms with Crippen molar-refractivity contribution in [3.05, 3.63) is 52.1 Å². The molecule has 0 spiro atoms. The van der Waals surface area contributed by atoms with Crippen molar-refractivity contribution < 1.29 is 67.2 Å². The van der Waals surface area contributed by atoms with Gasteiger partial charge in [0.2, 0.25) is 17.7 Å². The Labute approximate surface area is 417 Å². The van der Waals surface area contributed by atoms with Gasteiger partial charge in [-0.2, -0.15) is 0 Å². The third-order valence-corrected chi connectivity index (χ3v) is 16.5. The van der Waals surface area contributed by atoms with Crippen LogP contribution in [0.2, 0.25) is 5.02 Å². The van der Waals surface area contributed by atoms with E-state index in [0.29, 0.717) is 60.1 Å². The molecule has 18 nitrogen and oxygen atoms in total. The van der Waals surface area contributed by atoms with E-state index in [4.69, 9.17) is 35.4 Å². The number of ether oxygens (including phenoxy) is 4. The summed E-state index contributed by atoms with van der Waals surface area (Å²) in [7, 11) is 1.62. The number of likely N-dealkylation sites (tertiary alicyclic amines) is 1. The third kappa shape index (κ3) is 11.9. The third-order valence-electron chi connectivity index (χ3n) is 14.7. The monoisotopic (exact) mass is 1010 g/mol. The summed E-state index contributed by atoms with van der Waals surface area (Å²) in [4.78, 5) is 111. The van der Waals surface area contributed by atoms with Crippen molar-refractivity contribution in [2.45, 2.75) is 153 Å². The minimum absolute atomic E-state index is 0.00469. The number of imide groups is 2. The molecule has 1 aromatic rings. The maximum atomic E-state index is 14.2. The fourth-order valence-corrected chi connectivity index (χ4v) is 11.4. The van der Waals surface area contributed by atoms with E-state index in [1.165, 1.54) is 21.6 Å². The first-order chi connectivity index (χ1) is 33.1. The van der Waals surface area contributed by atoms with E-state index >= 15 is 0 Å². The van der Waals surface area contributed by atoms with E-state index in [2.05, 4.69) is 5.32 Å². The topological polar surface area (TPSA) is 228 Å². The summed E-state index contributed by atoms with van der Waals surface area (Å²) in [6.07, 6.45) is 4.15.